The molecule has 13 heavy (non-hydrogen) atoms. The fourth-order valence-electron chi connectivity index (χ4n) is 1.49. The molecule has 1 fully saturated rings. The van der Waals surface area contributed by atoms with Crippen molar-refractivity contribution in [2.75, 3.05) is 0 Å². The molecule has 2 heteroatoms. The van der Waals surface area contributed by atoms with Crippen LogP contribution in [0.15, 0.2) is 0 Å². The Labute approximate surface area is 79.6 Å². The molecule has 1 heterocycles. The minimum absolute atomic E-state index is 0.0592. The molecule has 0 aliphatic carbocycles. The van der Waals surface area contributed by atoms with Gasteiger partial charge in [-0.1, -0.05) is 0 Å². The zero-order chi connectivity index (χ0) is 9.90. The molecule has 0 spiro atoms. The Morgan fingerprint density at radius 2 is 1.46 bits per heavy atom. The lowest BCUT2D eigenvalue weighted by molar-refractivity contribution is -0.145. The van der Waals surface area contributed by atoms with Crippen molar-refractivity contribution in [1.29, 1.82) is 0 Å². The average Bonchev–Trinajstić information content (AvgIpc) is 2.28. The summed E-state index contributed by atoms with van der Waals surface area (Å²) in [6.07, 6.45) is 11.4. The van der Waals surface area contributed by atoms with Gasteiger partial charge in [0.1, 0.15) is 0 Å². The maximum atomic E-state index is 5.59. The molecule has 2 nitrogen and oxygen atoms in total. The zero-order valence-corrected chi connectivity index (χ0v) is 8.04. The molecule has 70 valence electrons. The van der Waals surface area contributed by atoms with Gasteiger partial charge in [0.05, 0.1) is 12.2 Å². The van der Waals surface area contributed by atoms with E-state index < -0.39 is 5.79 Å². The largest absolute Gasteiger partial charge is 0.344 e. The van der Waals surface area contributed by atoms with Gasteiger partial charge in [-0.15, -0.1) is 24.7 Å². The highest BCUT2D eigenvalue weighted by atomic mass is 16.7. The van der Waals surface area contributed by atoms with Crippen LogP contribution in [0.1, 0.15) is 26.7 Å². The molecule has 0 saturated carbocycles. The Hall–Kier alpha value is -0.960. The summed E-state index contributed by atoms with van der Waals surface area (Å²) in [6.45, 7) is 3.74. The van der Waals surface area contributed by atoms with E-state index in [1.807, 2.05) is 13.8 Å². The van der Waals surface area contributed by atoms with Crippen LogP contribution in [-0.2, 0) is 9.47 Å². The van der Waals surface area contributed by atoms with Gasteiger partial charge >= 0.3 is 0 Å². The zero-order valence-electron chi connectivity index (χ0n) is 8.04. The number of hydrogen-bond donors (Lipinski definition) is 0. The number of terminal acetylenes is 2. The third-order valence-corrected chi connectivity index (χ3v) is 1.92. The third-order valence-electron chi connectivity index (χ3n) is 1.92. The summed E-state index contributed by atoms with van der Waals surface area (Å²) in [7, 11) is 0. The minimum atomic E-state index is -0.553. The van der Waals surface area contributed by atoms with E-state index in [0.29, 0.717) is 12.8 Å². The fraction of sp³-hybridized carbons (Fsp3) is 0.636. The quantitative estimate of drug-likeness (QED) is 0.597. The topological polar surface area (TPSA) is 18.5 Å². The van der Waals surface area contributed by atoms with Crippen molar-refractivity contribution in [1.82, 2.24) is 0 Å². The Balaban J connectivity index is 2.62. The molecule has 1 rings (SSSR count). The summed E-state index contributed by atoms with van der Waals surface area (Å²) >= 11 is 0. The van der Waals surface area contributed by atoms with Crippen LogP contribution in [0, 0.1) is 24.7 Å². The first kappa shape index (κ1) is 10.1. The minimum Gasteiger partial charge on any atom is -0.344 e. The lowest BCUT2D eigenvalue weighted by Crippen LogP contribution is -2.21. The van der Waals surface area contributed by atoms with Crippen molar-refractivity contribution in [3.05, 3.63) is 0 Å². The Kier molecular flexibility index (Phi) is 2.98. The van der Waals surface area contributed by atoms with Crippen LogP contribution in [-0.4, -0.2) is 18.0 Å². The van der Waals surface area contributed by atoms with E-state index in [9.17, 15) is 0 Å². The highest BCUT2D eigenvalue weighted by Gasteiger charge is 2.40. The normalized spacial score (nSPS) is 30.8. The molecule has 0 aromatic heterocycles. The van der Waals surface area contributed by atoms with Gasteiger partial charge in [-0.3, -0.25) is 0 Å². The van der Waals surface area contributed by atoms with E-state index in [-0.39, 0.29) is 12.2 Å². The van der Waals surface area contributed by atoms with E-state index in [0.717, 1.165) is 0 Å². The second-order valence-electron chi connectivity index (χ2n) is 3.53. The fourth-order valence-corrected chi connectivity index (χ4v) is 1.49. The van der Waals surface area contributed by atoms with Crippen molar-refractivity contribution in [2.45, 2.75) is 44.7 Å². The molecule has 0 aromatic rings. The first-order valence-electron chi connectivity index (χ1n) is 4.31. The van der Waals surface area contributed by atoms with Gasteiger partial charge in [-0.25, -0.2) is 0 Å². The molecule has 1 aliphatic rings. The van der Waals surface area contributed by atoms with E-state index in [1.54, 1.807) is 0 Å². The Morgan fingerprint density at radius 1 is 1.08 bits per heavy atom. The second-order valence-corrected chi connectivity index (χ2v) is 3.53. The van der Waals surface area contributed by atoms with Gasteiger partial charge in [-0.2, -0.15) is 0 Å². The van der Waals surface area contributed by atoms with Gasteiger partial charge in [0.15, 0.2) is 5.79 Å². The van der Waals surface area contributed by atoms with Gasteiger partial charge in [-0.05, 0) is 13.8 Å². The second kappa shape index (κ2) is 3.83. The first-order chi connectivity index (χ1) is 6.09. The van der Waals surface area contributed by atoms with Crippen LogP contribution in [0.2, 0.25) is 0 Å². The van der Waals surface area contributed by atoms with Crippen molar-refractivity contribution in [3.8, 4) is 24.7 Å². The van der Waals surface area contributed by atoms with Crippen LogP contribution in [0.5, 0.6) is 0 Å². The lowest BCUT2D eigenvalue weighted by Gasteiger charge is -2.16. The molecule has 0 aromatic carbocycles. The van der Waals surface area contributed by atoms with Crippen LogP contribution in [0.25, 0.3) is 0 Å². The average molecular weight is 178 g/mol. The van der Waals surface area contributed by atoms with Crippen LogP contribution >= 0.6 is 0 Å². The summed E-state index contributed by atoms with van der Waals surface area (Å²) < 4.78 is 11.2. The first-order valence-corrected chi connectivity index (χ1v) is 4.31. The molecule has 1 saturated heterocycles. The Morgan fingerprint density at radius 3 is 1.77 bits per heavy atom. The van der Waals surface area contributed by atoms with Crippen molar-refractivity contribution in [2.24, 2.45) is 0 Å². The molecule has 0 N–H and O–H groups in total. The number of rotatable bonds is 2. The molecule has 2 atom stereocenters. The molecule has 0 bridgehead atoms. The van der Waals surface area contributed by atoms with Crippen LogP contribution < -0.4 is 0 Å². The van der Waals surface area contributed by atoms with Crippen molar-refractivity contribution >= 4 is 0 Å². The monoisotopic (exact) mass is 178 g/mol. The molecular weight excluding hydrogens is 164 g/mol. The molecule has 0 amide bonds. The summed E-state index contributed by atoms with van der Waals surface area (Å²) in [5.74, 6) is 4.57. The number of ether oxygens (including phenoxy) is 2. The molecule has 1 aliphatic heterocycles. The molecular formula is C11H14O2. The van der Waals surface area contributed by atoms with Gasteiger partial charge in [0, 0.05) is 12.8 Å². The molecule has 0 unspecified atom stereocenters. The standard InChI is InChI=1S/C11H14O2/c1-5-7-9-10(8-6-2)13-11(3,4)12-9/h1-2,9-10H,7-8H2,3-4H3/t9-,10-/m1/s1. The molecule has 0 radical (unpaired) electrons. The summed E-state index contributed by atoms with van der Waals surface area (Å²) in [4.78, 5) is 0. The van der Waals surface area contributed by atoms with E-state index in [4.69, 9.17) is 22.3 Å². The van der Waals surface area contributed by atoms with Crippen LogP contribution in [0.4, 0.5) is 0 Å². The van der Waals surface area contributed by atoms with Gasteiger partial charge in [0.2, 0.25) is 0 Å². The smallest absolute Gasteiger partial charge is 0.163 e. The van der Waals surface area contributed by atoms with Gasteiger partial charge in [0.25, 0.3) is 0 Å². The van der Waals surface area contributed by atoms with E-state index >= 15 is 0 Å². The summed E-state index contributed by atoms with van der Waals surface area (Å²) in [5, 5.41) is 0. The van der Waals surface area contributed by atoms with Crippen LogP contribution in [0.3, 0.4) is 0 Å². The van der Waals surface area contributed by atoms with E-state index in [2.05, 4.69) is 11.8 Å². The van der Waals surface area contributed by atoms with Crippen molar-refractivity contribution in [3.63, 3.8) is 0 Å². The predicted octanol–water partition coefficient (Wildman–Crippen LogP) is 1.55. The maximum absolute atomic E-state index is 5.59. The van der Waals surface area contributed by atoms with Crippen molar-refractivity contribution < 1.29 is 9.47 Å². The van der Waals surface area contributed by atoms with Gasteiger partial charge < -0.3 is 9.47 Å². The maximum Gasteiger partial charge on any atom is 0.163 e. The lowest BCUT2D eigenvalue weighted by atomic mass is 10.1. The van der Waals surface area contributed by atoms with E-state index in [1.165, 1.54) is 0 Å². The highest BCUT2D eigenvalue weighted by molar-refractivity contribution is 4.98. The number of hydrogen-bond acceptors (Lipinski definition) is 2. The third kappa shape index (κ3) is 2.49. The highest BCUT2D eigenvalue weighted by Crippen LogP contribution is 2.30. The summed E-state index contributed by atoms with van der Waals surface area (Å²) in [5.41, 5.74) is 0. The SMILES string of the molecule is C#CC[C@H]1OC(C)(C)O[C@@H]1CC#C. The Bertz CT molecular complexity index is 228. The summed E-state index contributed by atoms with van der Waals surface area (Å²) in [6, 6.07) is 0. The predicted molar refractivity (Wildman–Crippen MR) is 50.7 cm³/mol.